The van der Waals surface area contributed by atoms with Gasteiger partial charge in [0.25, 0.3) is 0 Å². The van der Waals surface area contributed by atoms with E-state index in [-0.39, 0.29) is 70.6 Å². The predicted molar refractivity (Wildman–Crippen MR) is 159 cm³/mol. The maximum absolute atomic E-state index is 14.2. The number of esters is 1. The molecule has 0 saturated carbocycles. The fourth-order valence-corrected chi connectivity index (χ4v) is 6.45. The molecule has 0 unspecified atom stereocenters. The fraction of sp³-hybridized carbons (Fsp3) is 0.400. The number of aromatic hydroxyl groups is 1. The molecule has 0 aliphatic carbocycles. The van der Waals surface area contributed by atoms with Crippen LogP contribution < -0.4 is 23.7 Å². The van der Waals surface area contributed by atoms with Gasteiger partial charge in [-0.15, -0.1) is 0 Å². The van der Waals surface area contributed by atoms with E-state index in [9.17, 15) is 23.1 Å². The summed E-state index contributed by atoms with van der Waals surface area (Å²) in [5.41, 5.74) is 0.196. The van der Waals surface area contributed by atoms with E-state index in [0.717, 1.165) is 6.26 Å². The van der Waals surface area contributed by atoms with Crippen LogP contribution in [-0.2, 0) is 14.8 Å². The minimum atomic E-state index is -3.44. The van der Waals surface area contributed by atoms with Crippen molar-refractivity contribution >= 4 is 32.5 Å². The molecule has 232 valence electrons. The summed E-state index contributed by atoms with van der Waals surface area (Å²) in [5, 5.41) is 12.2. The lowest BCUT2D eigenvalue weighted by molar-refractivity contribution is 0.0595. The number of fused-ring (bicyclic) bond motifs is 1. The molecule has 4 rings (SSSR count). The number of ketones is 1. The van der Waals surface area contributed by atoms with Crippen molar-refractivity contribution in [2.75, 3.05) is 62.0 Å². The van der Waals surface area contributed by atoms with Gasteiger partial charge in [0.05, 0.1) is 60.0 Å². The molecule has 0 aromatic heterocycles. The maximum atomic E-state index is 14.2. The van der Waals surface area contributed by atoms with E-state index >= 15 is 0 Å². The first-order chi connectivity index (χ1) is 20.5. The number of phenolic OH excluding ortho intramolecular Hbond substituents is 1. The van der Waals surface area contributed by atoms with Crippen molar-refractivity contribution in [2.24, 2.45) is 5.92 Å². The summed E-state index contributed by atoms with van der Waals surface area (Å²) < 4.78 is 58.4. The zero-order valence-corrected chi connectivity index (χ0v) is 25.9. The third kappa shape index (κ3) is 5.62. The van der Waals surface area contributed by atoms with Crippen LogP contribution >= 0.6 is 0 Å². The number of methoxy groups -OCH3 is 6. The van der Waals surface area contributed by atoms with Gasteiger partial charge in [0, 0.05) is 35.3 Å². The number of rotatable bonds is 10. The van der Waals surface area contributed by atoms with Gasteiger partial charge in [0.1, 0.15) is 5.75 Å². The molecule has 43 heavy (non-hydrogen) atoms. The molecule has 1 fully saturated rings. The molecule has 1 aliphatic heterocycles. The Morgan fingerprint density at radius 3 is 1.93 bits per heavy atom. The van der Waals surface area contributed by atoms with Gasteiger partial charge in [-0.2, -0.15) is 0 Å². The van der Waals surface area contributed by atoms with Crippen molar-refractivity contribution in [3.63, 3.8) is 0 Å². The number of Topliss-reactive ketones (excluding diaryl/α,β-unsaturated/α-hetero) is 1. The third-order valence-electron chi connectivity index (χ3n) is 7.67. The van der Waals surface area contributed by atoms with Crippen LogP contribution in [0, 0.1) is 5.92 Å². The highest BCUT2D eigenvalue weighted by Crippen LogP contribution is 2.53. The molecule has 1 N–H and O–H groups in total. The Labute approximate surface area is 250 Å². The van der Waals surface area contributed by atoms with Crippen LogP contribution in [0.1, 0.15) is 33.6 Å². The van der Waals surface area contributed by atoms with Crippen LogP contribution in [0.25, 0.3) is 21.9 Å². The summed E-state index contributed by atoms with van der Waals surface area (Å²) in [6.45, 7) is 0.247. The summed E-state index contributed by atoms with van der Waals surface area (Å²) in [5.74, 6) is -1.24. The second-order valence-corrected chi connectivity index (χ2v) is 11.9. The van der Waals surface area contributed by atoms with Crippen molar-refractivity contribution < 1.29 is 51.5 Å². The number of benzene rings is 3. The van der Waals surface area contributed by atoms with E-state index in [2.05, 4.69) is 0 Å². The maximum Gasteiger partial charge on any atom is 0.339 e. The van der Waals surface area contributed by atoms with Gasteiger partial charge in [0.2, 0.25) is 15.8 Å². The normalized spacial score (nSPS) is 14.3. The minimum Gasteiger partial charge on any atom is -0.507 e. The van der Waals surface area contributed by atoms with Crippen LogP contribution in [-0.4, -0.2) is 91.6 Å². The molecule has 1 saturated heterocycles. The Morgan fingerprint density at radius 2 is 1.42 bits per heavy atom. The Morgan fingerprint density at radius 1 is 0.814 bits per heavy atom. The molecule has 3 aromatic rings. The van der Waals surface area contributed by atoms with Crippen molar-refractivity contribution in [1.29, 1.82) is 0 Å². The number of carbonyl (C=O) groups is 2. The zero-order valence-electron chi connectivity index (χ0n) is 25.1. The van der Waals surface area contributed by atoms with E-state index in [1.165, 1.54) is 53.0 Å². The van der Waals surface area contributed by atoms with Crippen LogP contribution in [0.3, 0.4) is 0 Å². The first-order valence-electron chi connectivity index (χ1n) is 13.3. The van der Waals surface area contributed by atoms with Gasteiger partial charge in [0.15, 0.2) is 28.8 Å². The van der Waals surface area contributed by atoms with Gasteiger partial charge < -0.3 is 33.5 Å². The zero-order chi connectivity index (χ0) is 31.6. The van der Waals surface area contributed by atoms with Crippen molar-refractivity contribution in [3.05, 3.63) is 35.4 Å². The van der Waals surface area contributed by atoms with Crippen LogP contribution in [0.15, 0.2) is 24.3 Å². The Balaban J connectivity index is 2.14. The SMILES string of the molecule is COC(=O)c1c(C(=O)C2CCN(S(C)(=O)=O)CC2)c(O)c2cc(OC)c(OC)c(OC)c2c1-c1ccc(OC)c(OC)c1. The molecule has 0 radical (unpaired) electrons. The molecule has 0 bridgehead atoms. The number of piperidine rings is 1. The average molecular weight is 618 g/mol. The fourth-order valence-electron chi connectivity index (χ4n) is 5.57. The molecule has 1 heterocycles. The minimum absolute atomic E-state index is 0.124. The first-order valence-corrected chi connectivity index (χ1v) is 15.1. The molecule has 0 atom stereocenters. The smallest absolute Gasteiger partial charge is 0.339 e. The quantitative estimate of drug-likeness (QED) is 0.261. The van der Waals surface area contributed by atoms with Crippen LogP contribution in [0.2, 0.25) is 0 Å². The lowest BCUT2D eigenvalue weighted by atomic mass is 9.81. The molecule has 0 spiro atoms. The monoisotopic (exact) mass is 617 g/mol. The first kappa shape index (κ1) is 31.7. The molecule has 0 amide bonds. The lowest BCUT2D eigenvalue weighted by Gasteiger charge is -2.30. The predicted octanol–water partition coefficient (Wildman–Crippen LogP) is 3.90. The molecule has 12 nitrogen and oxygen atoms in total. The number of ether oxygens (including phenoxy) is 6. The topological polar surface area (TPSA) is 147 Å². The highest BCUT2D eigenvalue weighted by atomic mass is 32.2. The van der Waals surface area contributed by atoms with Crippen molar-refractivity contribution in [1.82, 2.24) is 4.31 Å². The highest BCUT2D eigenvalue weighted by Gasteiger charge is 2.37. The van der Waals surface area contributed by atoms with E-state index in [0.29, 0.717) is 17.1 Å². The van der Waals surface area contributed by atoms with Crippen molar-refractivity contribution in [2.45, 2.75) is 12.8 Å². The van der Waals surface area contributed by atoms with Crippen molar-refractivity contribution in [3.8, 4) is 45.6 Å². The second-order valence-electron chi connectivity index (χ2n) is 9.90. The van der Waals surface area contributed by atoms with Gasteiger partial charge >= 0.3 is 5.97 Å². The lowest BCUT2D eigenvalue weighted by Crippen LogP contribution is -2.39. The van der Waals surface area contributed by atoms with Gasteiger partial charge in [-0.05, 0) is 36.6 Å². The summed E-state index contributed by atoms with van der Waals surface area (Å²) in [6.07, 6.45) is 1.51. The number of hydrogen-bond acceptors (Lipinski definition) is 11. The molecule has 3 aromatic carbocycles. The second kappa shape index (κ2) is 12.6. The number of sulfonamides is 1. The molecule has 1 aliphatic rings. The summed E-state index contributed by atoms with van der Waals surface area (Å²) in [7, 11) is 4.92. The number of phenols is 1. The number of nitrogens with zero attached hydrogens (tertiary/aromatic N) is 1. The van der Waals surface area contributed by atoms with E-state index in [1.54, 1.807) is 18.2 Å². The van der Waals surface area contributed by atoms with Crippen LogP contribution in [0.5, 0.6) is 34.5 Å². The molecular formula is C30H35NO11S. The average Bonchev–Trinajstić information content (AvgIpc) is 3.02. The van der Waals surface area contributed by atoms with E-state index in [4.69, 9.17) is 28.4 Å². The summed E-state index contributed by atoms with van der Waals surface area (Å²) in [6, 6.07) is 6.45. The Hall–Kier alpha value is -4.23. The largest absolute Gasteiger partial charge is 0.507 e. The van der Waals surface area contributed by atoms with E-state index < -0.39 is 33.4 Å². The molecule has 13 heteroatoms. The summed E-state index contributed by atoms with van der Waals surface area (Å²) in [4.78, 5) is 27.9. The standard InChI is InChI=1S/C30H35NO11S/c1-37-19-9-8-17(14-20(19)38-2)22-23-18(15-21(39-3)28(40-4)29(23)41-5)27(33)25(24(22)30(34)42-6)26(32)16-10-12-31(13-11-16)43(7,35)36/h8-9,14-16,33H,10-13H2,1-7H3. The number of carbonyl (C=O) groups excluding carboxylic acids is 2. The third-order valence-corrected chi connectivity index (χ3v) is 8.98. The van der Waals surface area contributed by atoms with Gasteiger partial charge in [-0.25, -0.2) is 17.5 Å². The Bertz CT molecular complexity index is 1680. The summed E-state index contributed by atoms with van der Waals surface area (Å²) >= 11 is 0. The van der Waals surface area contributed by atoms with E-state index in [1.807, 2.05) is 0 Å². The van der Waals surface area contributed by atoms with Gasteiger partial charge in [-0.1, -0.05) is 6.07 Å². The number of hydrogen-bond donors (Lipinski definition) is 1. The molecular weight excluding hydrogens is 582 g/mol. The van der Waals surface area contributed by atoms with Gasteiger partial charge in [-0.3, -0.25) is 4.79 Å². The van der Waals surface area contributed by atoms with Crippen LogP contribution in [0.4, 0.5) is 0 Å². The highest BCUT2D eigenvalue weighted by molar-refractivity contribution is 7.88. The Kier molecular flexibility index (Phi) is 9.26.